The van der Waals surface area contributed by atoms with E-state index in [2.05, 4.69) is 24.1 Å². The number of piperazine rings is 1. The van der Waals surface area contributed by atoms with Crippen LogP contribution in [0.3, 0.4) is 0 Å². The van der Waals surface area contributed by atoms with Gasteiger partial charge in [0.2, 0.25) is 5.91 Å². The first-order chi connectivity index (χ1) is 10.6. The Balaban J connectivity index is 0.00000264. The molecule has 1 N–H and O–H groups in total. The lowest BCUT2D eigenvalue weighted by atomic mass is 10.1. The Kier molecular flexibility index (Phi) is 8.52. The van der Waals surface area contributed by atoms with E-state index in [4.69, 9.17) is 0 Å². The zero-order valence-corrected chi connectivity index (χ0v) is 14.7. The quantitative estimate of drug-likeness (QED) is 0.860. The summed E-state index contributed by atoms with van der Waals surface area (Å²) in [6.45, 7) is 8.67. The summed E-state index contributed by atoms with van der Waals surface area (Å²) >= 11 is 0. The average molecular weight is 344 g/mol. The van der Waals surface area contributed by atoms with Gasteiger partial charge in [-0.25, -0.2) is 4.39 Å². The minimum Gasteiger partial charge on any atom is -0.340 e. The molecule has 1 aromatic carbocycles. The Hall–Kier alpha value is -1.17. The molecule has 1 fully saturated rings. The number of halogens is 2. The minimum absolute atomic E-state index is 0. The van der Waals surface area contributed by atoms with Crippen molar-refractivity contribution in [1.29, 1.82) is 0 Å². The number of carbonyl (C=O) groups is 1. The van der Waals surface area contributed by atoms with Gasteiger partial charge in [0.05, 0.1) is 0 Å². The Morgan fingerprint density at radius 1 is 1.30 bits per heavy atom. The van der Waals surface area contributed by atoms with Crippen molar-refractivity contribution in [3.8, 4) is 0 Å². The maximum absolute atomic E-state index is 13.8. The molecule has 1 aliphatic rings. The molecule has 1 heterocycles. The van der Waals surface area contributed by atoms with Crippen LogP contribution in [0.5, 0.6) is 0 Å². The van der Waals surface area contributed by atoms with Crippen molar-refractivity contribution >= 4 is 18.3 Å². The molecule has 0 aliphatic carbocycles. The first kappa shape index (κ1) is 19.9. The number of carbonyl (C=O) groups excluding carboxylic acids is 1. The zero-order valence-electron chi connectivity index (χ0n) is 13.9. The molecular weight excluding hydrogens is 317 g/mol. The van der Waals surface area contributed by atoms with E-state index in [0.29, 0.717) is 25.1 Å². The van der Waals surface area contributed by atoms with Crippen molar-refractivity contribution < 1.29 is 9.18 Å². The van der Waals surface area contributed by atoms with Crippen LogP contribution in [0, 0.1) is 5.82 Å². The third kappa shape index (κ3) is 6.09. The second-order valence-electron chi connectivity index (χ2n) is 6.04. The highest BCUT2D eigenvalue weighted by molar-refractivity contribution is 5.85. The van der Waals surface area contributed by atoms with Crippen molar-refractivity contribution in [1.82, 2.24) is 15.1 Å². The summed E-state index contributed by atoms with van der Waals surface area (Å²) in [5.41, 5.74) is 0.686. The summed E-state index contributed by atoms with van der Waals surface area (Å²) in [4.78, 5) is 16.3. The smallest absolute Gasteiger partial charge is 0.223 e. The molecule has 0 unspecified atom stereocenters. The number of hydrogen-bond acceptors (Lipinski definition) is 3. The molecular formula is C17H27ClFN3O. The second-order valence-corrected chi connectivity index (χ2v) is 6.04. The van der Waals surface area contributed by atoms with Crippen molar-refractivity contribution in [2.75, 3.05) is 32.7 Å². The van der Waals surface area contributed by atoms with E-state index in [1.165, 1.54) is 6.07 Å². The predicted octanol–water partition coefficient (Wildman–Crippen LogP) is 2.28. The van der Waals surface area contributed by atoms with Gasteiger partial charge in [0.15, 0.2) is 0 Å². The topological polar surface area (TPSA) is 35.6 Å². The van der Waals surface area contributed by atoms with E-state index >= 15 is 0 Å². The summed E-state index contributed by atoms with van der Waals surface area (Å²) in [6.07, 6.45) is 0.493. The van der Waals surface area contributed by atoms with Crippen LogP contribution in [-0.2, 0) is 11.3 Å². The third-order valence-corrected chi connectivity index (χ3v) is 4.14. The molecule has 4 nitrogen and oxygen atoms in total. The number of nitrogens with zero attached hydrogens (tertiary/aromatic N) is 2. The first-order valence-electron chi connectivity index (χ1n) is 8.04. The van der Waals surface area contributed by atoms with Gasteiger partial charge in [0, 0.05) is 57.3 Å². The van der Waals surface area contributed by atoms with E-state index < -0.39 is 0 Å². The van der Waals surface area contributed by atoms with Crippen LogP contribution in [-0.4, -0.2) is 54.5 Å². The van der Waals surface area contributed by atoms with E-state index in [0.717, 1.165) is 26.2 Å². The lowest BCUT2D eigenvalue weighted by Crippen LogP contribution is -2.47. The van der Waals surface area contributed by atoms with Gasteiger partial charge in [-0.1, -0.05) is 18.2 Å². The monoisotopic (exact) mass is 343 g/mol. The Labute approximate surface area is 144 Å². The van der Waals surface area contributed by atoms with Crippen molar-refractivity contribution in [2.24, 2.45) is 0 Å². The molecule has 0 aromatic heterocycles. The number of benzene rings is 1. The van der Waals surface area contributed by atoms with Crippen LogP contribution >= 0.6 is 12.4 Å². The highest BCUT2D eigenvalue weighted by atomic mass is 35.5. The maximum atomic E-state index is 13.8. The van der Waals surface area contributed by atoms with E-state index in [9.17, 15) is 9.18 Å². The summed E-state index contributed by atoms with van der Waals surface area (Å²) in [6, 6.07) is 7.12. The van der Waals surface area contributed by atoms with Gasteiger partial charge < -0.3 is 10.2 Å². The molecule has 0 radical (unpaired) electrons. The molecule has 1 aliphatic heterocycles. The van der Waals surface area contributed by atoms with Gasteiger partial charge in [0.1, 0.15) is 5.82 Å². The van der Waals surface area contributed by atoms with Crippen molar-refractivity contribution in [2.45, 2.75) is 32.9 Å². The fourth-order valence-corrected chi connectivity index (χ4v) is 2.68. The molecule has 23 heavy (non-hydrogen) atoms. The molecule has 130 valence electrons. The normalized spacial score (nSPS) is 14.9. The Morgan fingerprint density at radius 3 is 2.57 bits per heavy atom. The van der Waals surface area contributed by atoms with E-state index in [1.54, 1.807) is 6.07 Å². The molecule has 0 atom stereocenters. The molecule has 6 heteroatoms. The van der Waals surface area contributed by atoms with Gasteiger partial charge in [-0.2, -0.15) is 0 Å². The number of amides is 1. The minimum atomic E-state index is -0.179. The highest BCUT2D eigenvalue weighted by Crippen LogP contribution is 2.13. The Morgan fingerprint density at radius 2 is 1.96 bits per heavy atom. The van der Waals surface area contributed by atoms with Gasteiger partial charge in [-0.15, -0.1) is 12.4 Å². The largest absolute Gasteiger partial charge is 0.340 e. The molecule has 0 spiro atoms. The van der Waals surface area contributed by atoms with Crippen LogP contribution in [0.15, 0.2) is 24.3 Å². The van der Waals surface area contributed by atoms with Crippen molar-refractivity contribution in [3.63, 3.8) is 0 Å². The molecule has 2 rings (SSSR count). The van der Waals surface area contributed by atoms with Crippen LogP contribution in [0.4, 0.5) is 4.39 Å². The number of hydrogen-bond donors (Lipinski definition) is 1. The van der Waals surface area contributed by atoms with E-state index in [-0.39, 0.29) is 30.2 Å². The summed E-state index contributed by atoms with van der Waals surface area (Å²) < 4.78 is 13.8. The molecule has 0 bridgehead atoms. The molecule has 1 aromatic rings. The summed E-state index contributed by atoms with van der Waals surface area (Å²) in [5.74, 6) is 0.0160. The lowest BCUT2D eigenvalue weighted by Gasteiger charge is -2.30. The predicted molar refractivity (Wildman–Crippen MR) is 93.3 cm³/mol. The summed E-state index contributed by atoms with van der Waals surface area (Å²) in [5, 5.41) is 3.25. The number of rotatable bonds is 6. The van der Waals surface area contributed by atoms with Gasteiger partial charge in [0.25, 0.3) is 0 Å². The SMILES string of the molecule is CC(C)N(CCC(=O)N1CCNCC1)Cc1ccccc1F.Cl. The van der Waals surface area contributed by atoms with Crippen LogP contribution in [0.25, 0.3) is 0 Å². The summed E-state index contributed by atoms with van der Waals surface area (Å²) in [7, 11) is 0. The molecule has 1 saturated heterocycles. The fourth-order valence-electron chi connectivity index (χ4n) is 2.68. The van der Waals surface area contributed by atoms with Crippen molar-refractivity contribution in [3.05, 3.63) is 35.6 Å². The zero-order chi connectivity index (χ0) is 15.9. The maximum Gasteiger partial charge on any atom is 0.223 e. The second kappa shape index (κ2) is 9.85. The third-order valence-electron chi connectivity index (χ3n) is 4.14. The van der Waals surface area contributed by atoms with Gasteiger partial charge in [-0.05, 0) is 19.9 Å². The van der Waals surface area contributed by atoms with Crippen LogP contribution in [0.1, 0.15) is 25.8 Å². The van der Waals surface area contributed by atoms with E-state index in [1.807, 2.05) is 17.0 Å². The lowest BCUT2D eigenvalue weighted by molar-refractivity contribution is -0.132. The average Bonchev–Trinajstić information content (AvgIpc) is 2.53. The highest BCUT2D eigenvalue weighted by Gasteiger charge is 2.19. The molecule has 1 amide bonds. The van der Waals surface area contributed by atoms with Crippen LogP contribution < -0.4 is 5.32 Å². The Bertz CT molecular complexity index is 492. The van der Waals surface area contributed by atoms with Gasteiger partial charge >= 0.3 is 0 Å². The fraction of sp³-hybridized carbons (Fsp3) is 0.588. The first-order valence-corrected chi connectivity index (χ1v) is 8.04. The standard InChI is InChI=1S/C17H26FN3O.ClH/c1-14(2)21(13-15-5-3-4-6-16(15)18)10-7-17(22)20-11-8-19-9-12-20;/h3-6,14,19H,7-13H2,1-2H3;1H. The van der Waals surface area contributed by atoms with Crippen LogP contribution in [0.2, 0.25) is 0 Å². The van der Waals surface area contributed by atoms with Gasteiger partial charge in [-0.3, -0.25) is 9.69 Å². The number of nitrogens with one attached hydrogen (secondary N) is 1. The molecule has 0 saturated carbocycles.